The normalized spacial score (nSPS) is 14.9. The van der Waals surface area contributed by atoms with E-state index in [9.17, 15) is 10.1 Å². The van der Waals surface area contributed by atoms with Crippen LogP contribution in [0.5, 0.6) is 0 Å². The molecule has 4 aromatic carbocycles. The maximum atomic E-state index is 12.9. The molecule has 1 aliphatic rings. The lowest BCUT2D eigenvalue weighted by molar-refractivity contribution is -0.134. The molecule has 0 unspecified atom stereocenters. The van der Waals surface area contributed by atoms with E-state index in [1.807, 2.05) is 36.4 Å². The van der Waals surface area contributed by atoms with Gasteiger partial charge in [-0.15, -0.1) is 0 Å². The van der Waals surface area contributed by atoms with Gasteiger partial charge in [-0.3, -0.25) is 9.69 Å². The Morgan fingerprint density at radius 2 is 1.62 bits per heavy atom. The van der Waals surface area contributed by atoms with Crippen molar-refractivity contribution in [2.75, 3.05) is 31.6 Å². The van der Waals surface area contributed by atoms with Crippen LogP contribution >= 0.6 is 23.2 Å². The van der Waals surface area contributed by atoms with E-state index in [2.05, 4.69) is 64.8 Å². The van der Waals surface area contributed by atoms with Crippen LogP contribution < -0.4 is 5.32 Å². The zero-order valence-electron chi connectivity index (χ0n) is 23.1. The topological polar surface area (TPSA) is 65.4 Å². The number of nitrogens with zero attached hydrogens (tertiary/aromatic N) is 2. The predicted octanol–water partition coefficient (Wildman–Crippen LogP) is 8.19. The van der Waals surface area contributed by atoms with Crippen molar-refractivity contribution >= 4 is 40.9 Å². The monoisotopic (exact) mass is 595 g/mol. The van der Waals surface area contributed by atoms with Crippen molar-refractivity contribution in [3.63, 3.8) is 0 Å². The Hall–Kier alpha value is -3.92. The lowest BCUT2D eigenvalue weighted by atomic mass is 9.83. The molecule has 0 aliphatic carbocycles. The summed E-state index contributed by atoms with van der Waals surface area (Å²) in [4.78, 5) is 15.3. The molecular weight excluding hydrogens is 565 g/mol. The van der Waals surface area contributed by atoms with E-state index in [-0.39, 0.29) is 12.5 Å². The molecule has 5 rings (SSSR count). The molecule has 1 amide bonds. The average molecular weight is 597 g/mol. The van der Waals surface area contributed by atoms with Gasteiger partial charge in [-0.25, -0.2) is 0 Å². The van der Waals surface area contributed by atoms with Crippen molar-refractivity contribution in [3.8, 4) is 17.2 Å². The van der Waals surface area contributed by atoms with E-state index in [4.69, 9.17) is 27.9 Å². The van der Waals surface area contributed by atoms with E-state index < -0.39 is 5.60 Å². The second kappa shape index (κ2) is 13.8. The Kier molecular flexibility index (Phi) is 9.74. The molecule has 4 aromatic rings. The lowest BCUT2D eigenvalue weighted by Crippen LogP contribution is -2.45. The van der Waals surface area contributed by atoms with Crippen LogP contribution in [0.3, 0.4) is 0 Å². The third kappa shape index (κ3) is 7.67. The minimum Gasteiger partial charge on any atom is -0.360 e. The Morgan fingerprint density at radius 3 is 2.31 bits per heavy atom. The van der Waals surface area contributed by atoms with E-state index >= 15 is 0 Å². The summed E-state index contributed by atoms with van der Waals surface area (Å²) in [6.45, 7) is 2.40. The second-order valence-electron chi connectivity index (χ2n) is 10.4. The fraction of sp³-hybridized carbons (Fsp3) is 0.200. The molecule has 1 aliphatic heterocycles. The van der Waals surface area contributed by atoms with Crippen LogP contribution in [0.4, 0.5) is 5.69 Å². The van der Waals surface area contributed by atoms with Crippen LogP contribution in [-0.2, 0) is 15.1 Å². The smallest absolute Gasteiger partial charge is 0.250 e. The molecule has 42 heavy (non-hydrogen) atoms. The van der Waals surface area contributed by atoms with Gasteiger partial charge in [0.25, 0.3) is 0 Å². The van der Waals surface area contributed by atoms with E-state index in [0.29, 0.717) is 21.3 Å². The van der Waals surface area contributed by atoms with Crippen LogP contribution in [0.2, 0.25) is 10.0 Å². The number of halogens is 2. The Labute approximate surface area is 257 Å². The quantitative estimate of drug-likeness (QED) is 0.212. The van der Waals surface area contributed by atoms with Gasteiger partial charge in [0.05, 0.1) is 17.2 Å². The first-order chi connectivity index (χ1) is 20.4. The molecule has 0 radical (unpaired) electrons. The second-order valence-corrected chi connectivity index (χ2v) is 11.2. The summed E-state index contributed by atoms with van der Waals surface area (Å²) in [6, 6.07) is 33.2. The summed E-state index contributed by atoms with van der Waals surface area (Å²) < 4.78 is 6.49. The highest BCUT2D eigenvalue weighted by Crippen LogP contribution is 2.38. The first-order valence-electron chi connectivity index (χ1n) is 13.9. The number of amides is 1. The van der Waals surface area contributed by atoms with Gasteiger partial charge in [-0.05, 0) is 65.4 Å². The van der Waals surface area contributed by atoms with Crippen LogP contribution in [0.1, 0.15) is 29.5 Å². The number of hydrogen-bond donors (Lipinski definition) is 1. The number of ether oxygens (including phenoxy) is 1. The predicted molar refractivity (Wildman–Crippen MR) is 170 cm³/mol. The summed E-state index contributed by atoms with van der Waals surface area (Å²) in [7, 11) is 0. The van der Waals surface area contributed by atoms with Crippen molar-refractivity contribution in [2.45, 2.75) is 18.4 Å². The number of nitriles is 1. The van der Waals surface area contributed by atoms with Crippen LogP contribution in [0.15, 0.2) is 103 Å². The highest BCUT2D eigenvalue weighted by molar-refractivity contribution is 6.35. The minimum absolute atomic E-state index is 0.107. The molecular formula is C35H31Cl2N3O2. The largest absolute Gasteiger partial charge is 0.360 e. The number of rotatable bonds is 9. The SMILES string of the molecule is N#Cc1cccc(-c2ccc(C3(OCC(=O)Nc4cc(Cl)cc(Cl)c4)CCN(C/C=C/c4ccccc4)CC3)cc2)c1. The first kappa shape index (κ1) is 29.6. The average Bonchev–Trinajstić information content (AvgIpc) is 3.01. The number of piperidine rings is 1. The summed E-state index contributed by atoms with van der Waals surface area (Å²) >= 11 is 12.2. The van der Waals surface area contributed by atoms with Gasteiger partial charge in [0, 0.05) is 35.4 Å². The van der Waals surface area contributed by atoms with Gasteiger partial charge in [0.2, 0.25) is 5.91 Å². The molecule has 0 spiro atoms. The van der Waals surface area contributed by atoms with Crippen molar-refractivity contribution in [3.05, 3.63) is 130 Å². The number of nitrogens with one attached hydrogen (secondary N) is 1. The maximum absolute atomic E-state index is 12.9. The highest BCUT2D eigenvalue weighted by Gasteiger charge is 2.37. The molecule has 0 saturated carbocycles. The summed E-state index contributed by atoms with van der Waals surface area (Å²) in [6.07, 6.45) is 5.82. The van der Waals surface area contributed by atoms with Crippen molar-refractivity contribution in [2.24, 2.45) is 0 Å². The Bertz CT molecular complexity index is 1570. The van der Waals surface area contributed by atoms with Crippen molar-refractivity contribution in [1.29, 1.82) is 5.26 Å². The third-order valence-corrected chi connectivity index (χ3v) is 7.94. The number of likely N-dealkylation sites (tertiary alicyclic amines) is 1. The molecule has 1 fully saturated rings. The number of hydrogen-bond acceptors (Lipinski definition) is 4. The highest BCUT2D eigenvalue weighted by atomic mass is 35.5. The number of carbonyl (C=O) groups is 1. The maximum Gasteiger partial charge on any atom is 0.250 e. The molecule has 212 valence electrons. The van der Waals surface area contributed by atoms with E-state index in [1.54, 1.807) is 24.3 Å². The van der Waals surface area contributed by atoms with Gasteiger partial charge in [-0.1, -0.05) is 102 Å². The van der Waals surface area contributed by atoms with Gasteiger partial charge < -0.3 is 10.1 Å². The van der Waals surface area contributed by atoms with Gasteiger partial charge in [-0.2, -0.15) is 5.26 Å². The summed E-state index contributed by atoms with van der Waals surface area (Å²) in [5.41, 5.74) is 4.74. The Balaban J connectivity index is 1.31. The van der Waals surface area contributed by atoms with Gasteiger partial charge >= 0.3 is 0 Å². The zero-order valence-corrected chi connectivity index (χ0v) is 24.6. The third-order valence-electron chi connectivity index (χ3n) is 7.50. The molecule has 7 heteroatoms. The standard InChI is InChI=1S/C35H31Cl2N3O2/c36-31-21-32(37)23-33(22-31)39-34(41)25-42-35(15-18-40(19-16-35)17-5-9-26-6-2-1-3-7-26)30-13-11-28(12-14-30)29-10-4-8-27(20-29)24-38/h1-14,20-23H,15-19,25H2,(H,39,41)/b9-5+. The minimum atomic E-state index is -0.615. The fourth-order valence-electron chi connectivity index (χ4n) is 5.28. The molecule has 0 atom stereocenters. The van der Waals surface area contributed by atoms with Crippen molar-refractivity contribution in [1.82, 2.24) is 4.90 Å². The molecule has 1 heterocycles. The number of anilines is 1. The molecule has 0 bridgehead atoms. The van der Waals surface area contributed by atoms with Gasteiger partial charge in [0.1, 0.15) is 6.61 Å². The van der Waals surface area contributed by atoms with Crippen LogP contribution in [-0.4, -0.2) is 37.0 Å². The fourth-order valence-corrected chi connectivity index (χ4v) is 5.80. The summed E-state index contributed by atoms with van der Waals surface area (Å²) in [5.74, 6) is -0.272. The van der Waals surface area contributed by atoms with E-state index in [0.717, 1.165) is 49.2 Å². The lowest BCUT2D eigenvalue weighted by Gasteiger charge is -2.41. The summed E-state index contributed by atoms with van der Waals surface area (Å²) in [5, 5.41) is 13.0. The Morgan fingerprint density at radius 1 is 0.905 bits per heavy atom. The first-order valence-corrected chi connectivity index (χ1v) is 14.6. The van der Waals surface area contributed by atoms with Gasteiger partial charge in [0.15, 0.2) is 0 Å². The van der Waals surface area contributed by atoms with Crippen LogP contribution in [0, 0.1) is 11.3 Å². The molecule has 5 nitrogen and oxygen atoms in total. The van der Waals surface area contributed by atoms with Crippen LogP contribution in [0.25, 0.3) is 17.2 Å². The van der Waals surface area contributed by atoms with Crippen molar-refractivity contribution < 1.29 is 9.53 Å². The zero-order chi connectivity index (χ0) is 29.4. The molecule has 1 saturated heterocycles. The number of benzene rings is 4. The van der Waals surface area contributed by atoms with E-state index in [1.165, 1.54) is 5.56 Å². The number of carbonyl (C=O) groups excluding carboxylic acids is 1. The molecule has 1 N–H and O–H groups in total. The molecule has 0 aromatic heterocycles.